The molecule has 0 bridgehead atoms. The largest absolute Gasteiger partial charge is 0.353 e. The number of thioether (sulfide) groups is 1. The maximum atomic E-state index is 13.4. The fourth-order valence-electron chi connectivity index (χ4n) is 5.09. The molecule has 3 fully saturated rings. The topological polar surface area (TPSA) is 52.7 Å². The van der Waals surface area contributed by atoms with Crippen LogP contribution < -0.4 is 5.32 Å². The average molecular weight is 507 g/mol. The summed E-state index contributed by atoms with van der Waals surface area (Å²) in [5.74, 6) is -0.0336. The Bertz CT molecular complexity index is 846. The molecule has 2 amide bonds. The van der Waals surface area contributed by atoms with Crippen molar-refractivity contribution < 1.29 is 9.59 Å². The number of hydrogen-bond acceptors (Lipinski definition) is 4. The smallest absolute Gasteiger partial charge is 0.261 e. The minimum atomic E-state index is -0.0330. The van der Waals surface area contributed by atoms with Crippen molar-refractivity contribution in [2.45, 2.75) is 62.8 Å². The van der Waals surface area contributed by atoms with Crippen LogP contribution in [0.1, 0.15) is 51.0 Å². The molecule has 0 radical (unpaired) electrons. The maximum Gasteiger partial charge on any atom is 0.261 e. The van der Waals surface area contributed by atoms with Crippen molar-refractivity contribution in [3.8, 4) is 0 Å². The first kappa shape index (κ1) is 22.9. The number of fused-ring (bicyclic) bond motifs is 1. The summed E-state index contributed by atoms with van der Waals surface area (Å²) in [4.78, 5) is 31.3. The summed E-state index contributed by atoms with van der Waals surface area (Å²) < 4.78 is 0.995. The van der Waals surface area contributed by atoms with Crippen LogP contribution >= 0.6 is 27.7 Å². The van der Waals surface area contributed by atoms with E-state index in [9.17, 15) is 9.59 Å². The highest BCUT2D eigenvalue weighted by atomic mass is 79.9. The fraction of sp³-hybridized carbons (Fsp3) is 0.583. The Morgan fingerprint density at radius 2 is 2.10 bits per heavy atom. The number of carbonyl (C=O) groups is 2. The highest BCUT2D eigenvalue weighted by Gasteiger charge is 2.41. The van der Waals surface area contributed by atoms with Crippen LogP contribution in [0.15, 0.2) is 33.6 Å². The molecular formula is C24H32BrN3O2S. The van der Waals surface area contributed by atoms with E-state index >= 15 is 0 Å². The Morgan fingerprint density at radius 1 is 1.26 bits per heavy atom. The molecule has 3 atom stereocenters. The van der Waals surface area contributed by atoms with Gasteiger partial charge in [0, 0.05) is 28.4 Å². The van der Waals surface area contributed by atoms with Crippen molar-refractivity contribution in [3.05, 3.63) is 39.2 Å². The maximum absolute atomic E-state index is 13.4. The monoisotopic (exact) mass is 505 g/mol. The van der Waals surface area contributed by atoms with Crippen molar-refractivity contribution in [1.82, 2.24) is 15.1 Å². The van der Waals surface area contributed by atoms with Crippen molar-refractivity contribution in [2.24, 2.45) is 0 Å². The second-order valence-electron chi connectivity index (χ2n) is 8.73. The number of hydrogen-bond donors (Lipinski definition) is 1. The molecule has 3 unspecified atom stereocenters. The molecule has 1 aromatic rings. The lowest BCUT2D eigenvalue weighted by Gasteiger charge is -2.43. The molecule has 5 nitrogen and oxygen atoms in total. The molecule has 0 aromatic heterocycles. The van der Waals surface area contributed by atoms with Crippen molar-refractivity contribution in [3.63, 3.8) is 0 Å². The van der Waals surface area contributed by atoms with Gasteiger partial charge in [0.2, 0.25) is 5.91 Å². The Kier molecular flexibility index (Phi) is 7.77. The Hall–Kier alpha value is -1.31. The minimum Gasteiger partial charge on any atom is -0.353 e. The molecule has 31 heavy (non-hydrogen) atoms. The van der Waals surface area contributed by atoms with Gasteiger partial charge in [0.1, 0.15) is 6.54 Å². The molecular weight excluding hydrogens is 474 g/mol. The van der Waals surface area contributed by atoms with Crippen LogP contribution in [0.4, 0.5) is 0 Å². The van der Waals surface area contributed by atoms with Gasteiger partial charge >= 0.3 is 0 Å². The number of nitrogens with zero attached hydrogens (tertiary/aromatic N) is 2. The number of likely N-dealkylation sites (tertiary alicyclic amines) is 1. The molecule has 168 valence electrons. The van der Waals surface area contributed by atoms with Crippen LogP contribution in [0.3, 0.4) is 0 Å². The molecule has 3 aliphatic rings. The van der Waals surface area contributed by atoms with E-state index in [2.05, 4.69) is 33.1 Å². The van der Waals surface area contributed by atoms with E-state index < -0.39 is 0 Å². The molecule has 0 spiro atoms. The lowest BCUT2D eigenvalue weighted by molar-refractivity contribution is -0.135. The summed E-state index contributed by atoms with van der Waals surface area (Å²) in [5, 5.41) is 3.50. The summed E-state index contributed by atoms with van der Waals surface area (Å²) in [5.41, 5.74) is 1.00. The molecule has 2 saturated heterocycles. The van der Waals surface area contributed by atoms with Crippen LogP contribution in [0.2, 0.25) is 0 Å². The fourth-order valence-corrected chi connectivity index (χ4v) is 6.98. The number of likely N-dealkylation sites (N-methyl/N-ethyl adjacent to an activating group) is 1. The van der Waals surface area contributed by atoms with E-state index in [1.54, 1.807) is 11.8 Å². The van der Waals surface area contributed by atoms with Gasteiger partial charge < -0.3 is 10.2 Å². The molecule has 1 saturated carbocycles. The quantitative estimate of drug-likeness (QED) is 0.586. The van der Waals surface area contributed by atoms with Crippen LogP contribution in [0.5, 0.6) is 0 Å². The van der Waals surface area contributed by atoms with Crippen LogP contribution in [-0.2, 0) is 9.59 Å². The van der Waals surface area contributed by atoms with Gasteiger partial charge in [-0.15, -0.1) is 11.8 Å². The van der Waals surface area contributed by atoms with Crippen molar-refractivity contribution >= 4 is 45.6 Å². The van der Waals surface area contributed by atoms with Crippen molar-refractivity contribution in [2.75, 3.05) is 26.2 Å². The van der Waals surface area contributed by atoms with Crippen molar-refractivity contribution in [1.29, 1.82) is 0 Å². The summed E-state index contributed by atoms with van der Waals surface area (Å²) in [6.07, 6.45) is 8.73. The normalized spacial score (nSPS) is 28.1. The Balaban J connectivity index is 1.46. The average Bonchev–Trinajstić information content (AvgIpc) is 3.23. The summed E-state index contributed by atoms with van der Waals surface area (Å²) in [6, 6.07) is 8.58. The predicted octanol–water partition coefficient (Wildman–Crippen LogP) is 4.28. The highest BCUT2D eigenvalue weighted by Crippen LogP contribution is 2.42. The van der Waals surface area contributed by atoms with Crippen LogP contribution in [-0.4, -0.2) is 65.1 Å². The zero-order valence-electron chi connectivity index (χ0n) is 18.2. The zero-order chi connectivity index (χ0) is 21.8. The minimum absolute atomic E-state index is 0.000624. The predicted molar refractivity (Wildman–Crippen MR) is 131 cm³/mol. The summed E-state index contributed by atoms with van der Waals surface area (Å²) in [6.45, 7) is 5.16. The number of benzene rings is 1. The van der Waals surface area contributed by atoms with Crippen LogP contribution in [0, 0.1) is 0 Å². The van der Waals surface area contributed by atoms with Gasteiger partial charge in [0.15, 0.2) is 0 Å². The molecule has 1 aromatic carbocycles. The number of rotatable bonds is 6. The number of nitrogens with one attached hydrogen (secondary N) is 1. The van der Waals surface area contributed by atoms with Gasteiger partial charge in [-0.2, -0.15) is 0 Å². The van der Waals surface area contributed by atoms with Gasteiger partial charge in [-0.3, -0.25) is 14.5 Å². The zero-order valence-corrected chi connectivity index (χ0v) is 20.6. The van der Waals surface area contributed by atoms with E-state index in [1.165, 1.54) is 12.8 Å². The van der Waals surface area contributed by atoms with Gasteiger partial charge in [-0.25, -0.2) is 0 Å². The van der Waals surface area contributed by atoms with Gasteiger partial charge in [-0.1, -0.05) is 47.8 Å². The lowest BCUT2D eigenvalue weighted by atomic mass is 9.93. The second kappa shape index (κ2) is 10.5. The van der Waals surface area contributed by atoms with Crippen LogP contribution in [0.25, 0.3) is 6.08 Å². The first-order chi connectivity index (χ1) is 15.0. The third-order valence-electron chi connectivity index (χ3n) is 6.72. The number of carbonyl (C=O) groups excluding carboxylic acids is 2. The van der Waals surface area contributed by atoms with Gasteiger partial charge in [0.05, 0.1) is 4.91 Å². The Labute approximate surface area is 198 Å². The SMILES string of the molecule is CCN1CCCC1CNC(=O)CN1C(=O)/C(=C\c2cccc(Br)c2)SC2CCCCC21. The third-order valence-corrected chi connectivity index (χ3v) is 8.61. The molecule has 4 rings (SSSR count). The molecule has 2 heterocycles. The second-order valence-corrected chi connectivity index (χ2v) is 10.9. The first-order valence-electron chi connectivity index (χ1n) is 11.5. The molecule has 2 aliphatic heterocycles. The third kappa shape index (κ3) is 5.55. The summed E-state index contributed by atoms with van der Waals surface area (Å²) in [7, 11) is 0. The summed E-state index contributed by atoms with van der Waals surface area (Å²) >= 11 is 5.22. The van der Waals surface area contributed by atoms with E-state index in [0.717, 1.165) is 53.7 Å². The molecule has 1 aliphatic carbocycles. The highest BCUT2D eigenvalue weighted by molar-refractivity contribution is 9.10. The van der Waals surface area contributed by atoms with Gasteiger partial charge in [0.25, 0.3) is 5.91 Å². The molecule has 7 heteroatoms. The standard InChI is InChI=1S/C24H32BrN3O2S/c1-2-27-12-6-9-19(27)15-26-23(29)16-28-20-10-3-4-11-21(20)31-22(24(28)30)14-17-7-5-8-18(25)13-17/h5,7-8,13-14,19-21H,2-4,6,9-12,15-16H2,1H3,(H,26,29)/b22-14+. The Morgan fingerprint density at radius 3 is 2.90 bits per heavy atom. The lowest BCUT2D eigenvalue weighted by Crippen LogP contribution is -2.55. The van der Waals surface area contributed by atoms with E-state index in [4.69, 9.17) is 0 Å². The van der Waals surface area contributed by atoms with E-state index in [0.29, 0.717) is 17.8 Å². The number of halogens is 1. The molecule has 1 N–H and O–H groups in total. The van der Waals surface area contributed by atoms with E-state index in [-0.39, 0.29) is 24.4 Å². The first-order valence-corrected chi connectivity index (χ1v) is 13.2. The van der Waals surface area contributed by atoms with Gasteiger partial charge in [-0.05, 0) is 62.5 Å². The number of amides is 2. The van der Waals surface area contributed by atoms with E-state index in [1.807, 2.05) is 35.2 Å².